The number of aryl methyl sites for hydroxylation is 1. The molecule has 2 N–H and O–H groups in total. The monoisotopic (exact) mass is 296 g/mol. The van der Waals surface area contributed by atoms with Gasteiger partial charge in [0.2, 0.25) is 0 Å². The molecule has 3 rings (SSSR count). The molecule has 1 heterocycles. The molecule has 0 aromatic heterocycles. The topological polar surface area (TPSA) is 41.1 Å². The zero-order valence-electron chi connectivity index (χ0n) is 11.4. The number of hydrogen-bond acceptors (Lipinski definition) is 1. The summed E-state index contributed by atoms with van der Waals surface area (Å²) in [7, 11) is 0. The molecule has 6 heteroatoms. The Labute approximate surface area is 120 Å². The summed E-state index contributed by atoms with van der Waals surface area (Å²) < 4.78 is 41.3. The summed E-state index contributed by atoms with van der Waals surface area (Å²) in [6.07, 6.45) is -0.153. The Morgan fingerprint density at radius 1 is 1.33 bits per heavy atom. The highest BCUT2D eigenvalue weighted by atomic mass is 19.4. The molecule has 0 radical (unpaired) electrons. The van der Waals surface area contributed by atoms with Crippen LogP contribution in [0.3, 0.4) is 0 Å². The van der Waals surface area contributed by atoms with Crippen molar-refractivity contribution in [3.8, 4) is 0 Å². The molecule has 1 aromatic carbocycles. The van der Waals surface area contributed by atoms with Gasteiger partial charge < -0.3 is 10.6 Å². The van der Waals surface area contributed by atoms with E-state index < -0.39 is 17.7 Å². The van der Waals surface area contributed by atoms with Crippen LogP contribution in [0.2, 0.25) is 0 Å². The molecule has 0 spiro atoms. The molecule has 1 atom stereocenters. The molecule has 2 aliphatic rings. The lowest BCUT2D eigenvalue weighted by molar-refractivity contribution is -0.181. The smallest absolute Gasteiger partial charge is 0.316 e. The maximum atomic E-state index is 13.8. The molecule has 3 nitrogen and oxygen atoms in total. The molecular formula is C15H15F3N2O. The molecule has 1 saturated carbocycles. The van der Waals surface area contributed by atoms with Crippen molar-refractivity contribution in [3.63, 3.8) is 0 Å². The number of carbonyl (C=O) groups excluding carboxylic acids is 1. The number of fused-ring (bicyclic) bond motifs is 1. The van der Waals surface area contributed by atoms with Crippen LogP contribution in [0.25, 0.3) is 0 Å². The van der Waals surface area contributed by atoms with Crippen molar-refractivity contribution in [3.05, 3.63) is 41.5 Å². The van der Waals surface area contributed by atoms with E-state index >= 15 is 0 Å². The Morgan fingerprint density at radius 2 is 2.05 bits per heavy atom. The van der Waals surface area contributed by atoms with Crippen molar-refractivity contribution >= 4 is 11.7 Å². The van der Waals surface area contributed by atoms with Crippen molar-refractivity contribution < 1.29 is 18.0 Å². The average Bonchev–Trinajstić information content (AvgIpc) is 3.19. The van der Waals surface area contributed by atoms with Gasteiger partial charge in [0.1, 0.15) is 0 Å². The Balaban J connectivity index is 2.18. The number of nitrogens with one attached hydrogen (secondary N) is 2. The third-order valence-electron chi connectivity index (χ3n) is 3.85. The Bertz CT molecular complexity index is 620. The number of hydrogen-bond donors (Lipinski definition) is 2. The number of alkyl halides is 3. The molecular weight excluding hydrogens is 281 g/mol. The van der Waals surface area contributed by atoms with E-state index in [4.69, 9.17) is 0 Å². The summed E-state index contributed by atoms with van der Waals surface area (Å²) in [5.41, 5.74) is -1.52. The first-order valence-electron chi connectivity index (χ1n) is 6.78. The molecule has 112 valence electrons. The van der Waals surface area contributed by atoms with Crippen LogP contribution in [0.15, 0.2) is 30.4 Å². The van der Waals surface area contributed by atoms with Gasteiger partial charge in [-0.2, -0.15) is 13.2 Å². The van der Waals surface area contributed by atoms with Gasteiger partial charge in [0, 0.05) is 11.3 Å². The SMILES string of the molecule is Cc1ccc2c(c1)[C@@](/C=C/C1CC1)(C(F)(F)F)NC(=O)N2. The van der Waals surface area contributed by atoms with E-state index in [9.17, 15) is 18.0 Å². The number of amides is 2. The van der Waals surface area contributed by atoms with Crippen molar-refractivity contribution in [2.24, 2.45) is 5.92 Å². The molecule has 1 fully saturated rings. The normalized spacial score (nSPS) is 25.4. The quantitative estimate of drug-likeness (QED) is 0.800. The van der Waals surface area contributed by atoms with E-state index in [1.165, 1.54) is 12.1 Å². The molecule has 0 unspecified atom stereocenters. The number of rotatable bonds is 2. The van der Waals surface area contributed by atoms with Crippen LogP contribution in [-0.4, -0.2) is 12.2 Å². The van der Waals surface area contributed by atoms with Gasteiger partial charge in [-0.15, -0.1) is 0 Å². The summed E-state index contributed by atoms with van der Waals surface area (Å²) in [6.45, 7) is 1.72. The molecule has 1 aromatic rings. The molecule has 0 bridgehead atoms. The Kier molecular flexibility index (Phi) is 3.00. The third-order valence-corrected chi connectivity index (χ3v) is 3.85. The minimum atomic E-state index is -4.61. The number of halogens is 3. The summed E-state index contributed by atoms with van der Waals surface area (Å²) >= 11 is 0. The number of urea groups is 1. The number of benzene rings is 1. The second-order valence-electron chi connectivity index (χ2n) is 5.63. The van der Waals surface area contributed by atoms with Gasteiger partial charge in [-0.3, -0.25) is 0 Å². The van der Waals surface area contributed by atoms with E-state index in [-0.39, 0.29) is 17.2 Å². The van der Waals surface area contributed by atoms with Crippen molar-refractivity contribution in [1.29, 1.82) is 0 Å². The van der Waals surface area contributed by atoms with Crippen LogP contribution in [0, 0.1) is 12.8 Å². The first-order valence-corrected chi connectivity index (χ1v) is 6.78. The zero-order chi connectivity index (χ0) is 15.3. The largest absolute Gasteiger partial charge is 0.419 e. The van der Waals surface area contributed by atoms with E-state index in [0.29, 0.717) is 5.56 Å². The molecule has 2 amide bonds. The zero-order valence-corrected chi connectivity index (χ0v) is 11.4. The number of anilines is 1. The Hall–Kier alpha value is -1.98. The van der Waals surface area contributed by atoms with Crippen LogP contribution in [0.4, 0.5) is 23.7 Å². The van der Waals surface area contributed by atoms with Crippen LogP contribution < -0.4 is 10.6 Å². The predicted molar refractivity (Wildman–Crippen MR) is 72.9 cm³/mol. The fourth-order valence-corrected chi connectivity index (χ4v) is 2.51. The lowest BCUT2D eigenvalue weighted by Crippen LogP contribution is -2.59. The lowest BCUT2D eigenvalue weighted by Gasteiger charge is -2.39. The summed E-state index contributed by atoms with van der Waals surface area (Å²) in [4.78, 5) is 11.7. The van der Waals surface area contributed by atoms with Crippen LogP contribution in [0.5, 0.6) is 0 Å². The van der Waals surface area contributed by atoms with Gasteiger partial charge in [-0.1, -0.05) is 23.8 Å². The second-order valence-corrected chi connectivity index (χ2v) is 5.63. The Morgan fingerprint density at radius 3 is 2.67 bits per heavy atom. The highest BCUT2D eigenvalue weighted by molar-refractivity contribution is 5.94. The minimum Gasteiger partial charge on any atom is -0.316 e. The minimum absolute atomic E-state index is 0.0338. The average molecular weight is 296 g/mol. The van der Waals surface area contributed by atoms with Gasteiger partial charge in [0.15, 0.2) is 5.54 Å². The summed E-state index contributed by atoms with van der Waals surface area (Å²) in [5.74, 6) is 0.185. The molecule has 0 saturated heterocycles. The summed E-state index contributed by atoms with van der Waals surface area (Å²) in [6, 6.07) is 3.81. The van der Waals surface area contributed by atoms with Crippen LogP contribution in [-0.2, 0) is 5.54 Å². The second kappa shape index (κ2) is 4.51. The van der Waals surface area contributed by atoms with Crippen molar-refractivity contribution in [2.75, 3.05) is 5.32 Å². The van der Waals surface area contributed by atoms with E-state index in [1.54, 1.807) is 19.1 Å². The standard InChI is InChI=1S/C15H15F3N2O/c1-9-2-5-12-11(8-9)14(15(16,17)18,20-13(21)19-12)7-6-10-3-4-10/h2,5-8,10H,3-4H2,1H3,(H2,19,20,21)/b7-6+/t14-/m0/s1. The van der Waals surface area contributed by atoms with Gasteiger partial charge in [0.25, 0.3) is 0 Å². The van der Waals surface area contributed by atoms with Gasteiger partial charge in [0.05, 0.1) is 0 Å². The van der Waals surface area contributed by atoms with Crippen LogP contribution in [0.1, 0.15) is 24.0 Å². The third kappa shape index (κ3) is 2.39. The first kappa shape index (κ1) is 14.0. The van der Waals surface area contributed by atoms with Crippen molar-refractivity contribution in [1.82, 2.24) is 5.32 Å². The highest BCUT2D eigenvalue weighted by Gasteiger charge is 2.58. The van der Waals surface area contributed by atoms with Gasteiger partial charge >= 0.3 is 12.2 Å². The van der Waals surface area contributed by atoms with Crippen LogP contribution >= 0.6 is 0 Å². The van der Waals surface area contributed by atoms with Gasteiger partial charge in [-0.25, -0.2) is 4.79 Å². The van der Waals surface area contributed by atoms with E-state index in [0.717, 1.165) is 18.9 Å². The lowest BCUT2D eigenvalue weighted by atomic mass is 9.84. The fraction of sp³-hybridized carbons (Fsp3) is 0.400. The molecule has 1 aliphatic heterocycles. The van der Waals surface area contributed by atoms with E-state index in [1.807, 2.05) is 0 Å². The number of carbonyl (C=O) groups is 1. The maximum Gasteiger partial charge on any atom is 0.419 e. The van der Waals surface area contributed by atoms with Crippen molar-refractivity contribution in [2.45, 2.75) is 31.5 Å². The highest BCUT2D eigenvalue weighted by Crippen LogP contribution is 2.46. The maximum absolute atomic E-state index is 13.8. The molecule has 1 aliphatic carbocycles. The molecule has 21 heavy (non-hydrogen) atoms. The van der Waals surface area contributed by atoms with Gasteiger partial charge in [-0.05, 0) is 37.8 Å². The predicted octanol–water partition coefficient (Wildman–Crippen LogP) is 3.85. The fourth-order valence-electron chi connectivity index (χ4n) is 2.51. The number of allylic oxidation sites excluding steroid dienone is 1. The summed E-state index contributed by atoms with van der Waals surface area (Å²) in [5, 5.41) is 4.51. The van der Waals surface area contributed by atoms with E-state index in [2.05, 4.69) is 10.6 Å². The first-order chi connectivity index (χ1) is 9.82.